The molecular weight excluding hydrogens is 410 g/mol. The molecule has 1 N–H and O–H groups in total. The SMILES string of the molecule is Cc1cc(C(=O)Nc2ccc(-c3nc(-c4ccccc4)sc3C)cc2)ccc1[N+](=O)[O-]. The standard InChI is InChI=1S/C24H19N3O3S/c1-15-14-19(10-13-21(15)27(29)30)23(28)25-20-11-8-17(9-12-20)22-16(2)31-24(26-22)18-6-4-3-5-7-18/h3-14H,1-2H3,(H,25,28). The first-order valence-electron chi connectivity index (χ1n) is 9.62. The number of aromatic nitrogens is 1. The Morgan fingerprint density at radius 3 is 2.32 bits per heavy atom. The summed E-state index contributed by atoms with van der Waals surface area (Å²) >= 11 is 1.65. The highest BCUT2D eigenvalue weighted by atomic mass is 32.1. The van der Waals surface area contributed by atoms with Crippen LogP contribution in [0.2, 0.25) is 0 Å². The molecule has 7 heteroatoms. The van der Waals surface area contributed by atoms with Crippen LogP contribution in [0, 0.1) is 24.0 Å². The van der Waals surface area contributed by atoms with Gasteiger partial charge in [0.05, 0.1) is 10.6 Å². The van der Waals surface area contributed by atoms with Crippen molar-refractivity contribution in [2.75, 3.05) is 5.32 Å². The van der Waals surface area contributed by atoms with Crippen LogP contribution in [-0.2, 0) is 0 Å². The fraction of sp³-hybridized carbons (Fsp3) is 0.0833. The number of aryl methyl sites for hydroxylation is 2. The molecule has 1 heterocycles. The van der Waals surface area contributed by atoms with Crippen LogP contribution < -0.4 is 5.32 Å². The van der Waals surface area contributed by atoms with E-state index in [1.54, 1.807) is 18.3 Å². The van der Waals surface area contributed by atoms with Crippen molar-refractivity contribution in [2.24, 2.45) is 0 Å². The maximum absolute atomic E-state index is 12.5. The van der Waals surface area contributed by atoms with Crippen LogP contribution in [0.3, 0.4) is 0 Å². The van der Waals surface area contributed by atoms with E-state index < -0.39 is 4.92 Å². The Hall–Kier alpha value is -3.84. The number of nitrogens with one attached hydrogen (secondary N) is 1. The normalized spacial score (nSPS) is 10.6. The molecule has 31 heavy (non-hydrogen) atoms. The highest BCUT2D eigenvalue weighted by molar-refractivity contribution is 7.15. The van der Waals surface area contributed by atoms with E-state index in [1.165, 1.54) is 18.2 Å². The predicted octanol–water partition coefficient (Wildman–Crippen LogP) is 6.25. The molecule has 1 aromatic heterocycles. The van der Waals surface area contributed by atoms with Crippen molar-refractivity contribution in [2.45, 2.75) is 13.8 Å². The van der Waals surface area contributed by atoms with E-state index in [1.807, 2.05) is 61.5 Å². The van der Waals surface area contributed by atoms with E-state index in [4.69, 9.17) is 4.98 Å². The third kappa shape index (κ3) is 4.36. The molecule has 0 aliphatic heterocycles. The van der Waals surface area contributed by atoms with E-state index in [-0.39, 0.29) is 11.6 Å². The van der Waals surface area contributed by atoms with Crippen LogP contribution in [0.15, 0.2) is 72.8 Å². The van der Waals surface area contributed by atoms with Crippen molar-refractivity contribution in [1.82, 2.24) is 4.98 Å². The van der Waals surface area contributed by atoms with Gasteiger partial charge in [-0.1, -0.05) is 42.5 Å². The minimum absolute atomic E-state index is 0.00518. The second kappa shape index (κ2) is 8.49. The Bertz CT molecular complexity index is 1270. The fourth-order valence-corrected chi connectivity index (χ4v) is 4.23. The number of carbonyl (C=O) groups is 1. The summed E-state index contributed by atoms with van der Waals surface area (Å²) in [5.41, 5.74) is 4.43. The Kier molecular flexibility index (Phi) is 5.60. The molecule has 1 amide bonds. The number of nitro benzene ring substituents is 1. The van der Waals surface area contributed by atoms with Gasteiger partial charge in [-0.05, 0) is 38.1 Å². The van der Waals surface area contributed by atoms with Crippen LogP contribution in [-0.4, -0.2) is 15.8 Å². The monoisotopic (exact) mass is 429 g/mol. The van der Waals surface area contributed by atoms with Gasteiger partial charge in [0.25, 0.3) is 11.6 Å². The molecule has 0 bridgehead atoms. The first kappa shape index (κ1) is 20.4. The lowest BCUT2D eigenvalue weighted by molar-refractivity contribution is -0.385. The molecule has 0 aliphatic carbocycles. The van der Waals surface area contributed by atoms with Crippen LogP contribution >= 0.6 is 11.3 Å². The molecule has 0 saturated heterocycles. The van der Waals surface area contributed by atoms with Crippen LogP contribution in [0.1, 0.15) is 20.8 Å². The van der Waals surface area contributed by atoms with Gasteiger partial charge in [0.1, 0.15) is 5.01 Å². The number of carbonyl (C=O) groups excluding carboxylic acids is 1. The lowest BCUT2D eigenvalue weighted by Crippen LogP contribution is -2.12. The van der Waals surface area contributed by atoms with Gasteiger partial charge in [-0.25, -0.2) is 4.98 Å². The summed E-state index contributed by atoms with van der Waals surface area (Å²) in [6.07, 6.45) is 0. The smallest absolute Gasteiger partial charge is 0.272 e. The summed E-state index contributed by atoms with van der Waals surface area (Å²) in [6, 6.07) is 21.9. The molecule has 6 nitrogen and oxygen atoms in total. The van der Waals surface area contributed by atoms with Gasteiger partial charge in [-0.3, -0.25) is 14.9 Å². The van der Waals surface area contributed by atoms with Crippen LogP contribution in [0.4, 0.5) is 11.4 Å². The number of amides is 1. The quantitative estimate of drug-likeness (QED) is 0.300. The maximum Gasteiger partial charge on any atom is 0.272 e. The minimum Gasteiger partial charge on any atom is -0.322 e. The second-order valence-corrected chi connectivity index (χ2v) is 8.28. The number of rotatable bonds is 5. The number of nitrogens with zero attached hydrogens (tertiary/aromatic N) is 2. The fourth-order valence-electron chi connectivity index (χ4n) is 3.28. The number of benzene rings is 3. The Balaban J connectivity index is 1.51. The predicted molar refractivity (Wildman–Crippen MR) is 124 cm³/mol. The summed E-state index contributed by atoms with van der Waals surface area (Å²) in [4.78, 5) is 28.9. The molecule has 0 radical (unpaired) electrons. The molecule has 154 valence electrons. The van der Waals surface area contributed by atoms with Gasteiger partial charge in [-0.15, -0.1) is 11.3 Å². The summed E-state index contributed by atoms with van der Waals surface area (Å²) in [5.74, 6) is -0.318. The topological polar surface area (TPSA) is 85.1 Å². The molecule has 3 aromatic carbocycles. The Morgan fingerprint density at radius 2 is 1.68 bits per heavy atom. The zero-order chi connectivity index (χ0) is 22.0. The summed E-state index contributed by atoms with van der Waals surface area (Å²) < 4.78 is 0. The molecule has 0 spiro atoms. The van der Waals surface area contributed by atoms with Crippen molar-refractivity contribution in [3.63, 3.8) is 0 Å². The molecule has 4 aromatic rings. The molecule has 0 unspecified atom stereocenters. The number of anilines is 1. The molecule has 0 atom stereocenters. The van der Waals surface area contributed by atoms with Crippen molar-refractivity contribution in [3.05, 3.63) is 98.9 Å². The highest BCUT2D eigenvalue weighted by Crippen LogP contribution is 2.33. The number of thiazole rings is 1. The van der Waals surface area contributed by atoms with Crippen molar-refractivity contribution >= 4 is 28.6 Å². The summed E-state index contributed by atoms with van der Waals surface area (Å²) in [6.45, 7) is 3.66. The van der Waals surface area contributed by atoms with E-state index in [9.17, 15) is 14.9 Å². The average Bonchev–Trinajstić information content (AvgIpc) is 3.16. The Morgan fingerprint density at radius 1 is 0.968 bits per heavy atom. The van der Waals surface area contributed by atoms with Crippen molar-refractivity contribution in [1.29, 1.82) is 0 Å². The van der Waals surface area contributed by atoms with Gasteiger partial charge in [0, 0.05) is 38.9 Å². The third-order valence-electron chi connectivity index (χ3n) is 4.89. The van der Waals surface area contributed by atoms with Crippen LogP contribution in [0.25, 0.3) is 21.8 Å². The molecule has 0 aliphatic rings. The van der Waals surface area contributed by atoms with Gasteiger partial charge < -0.3 is 5.32 Å². The summed E-state index contributed by atoms with van der Waals surface area (Å²) in [5, 5.41) is 14.8. The summed E-state index contributed by atoms with van der Waals surface area (Å²) in [7, 11) is 0. The number of nitro groups is 1. The van der Waals surface area contributed by atoms with Gasteiger partial charge in [0.2, 0.25) is 0 Å². The highest BCUT2D eigenvalue weighted by Gasteiger charge is 2.15. The van der Waals surface area contributed by atoms with Crippen LogP contribution in [0.5, 0.6) is 0 Å². The average molecular weight is 430 g/mol. The minimum atomic E-state index is -0.459. The second-order valence-electron chi connectivity index (χ2n) is 7.08. The zero-order valence-corrected chi connectivity index (χ0v) is 17.8. The lowest BCUT2D eigenvalue weighted by atomic mass is 10.1. The van der Waals surface area contributed by atoms with Crippen molar-refractivity contribution < 1.29 is 9.72 Å². The molecular formula is C24H19N3O3S. The lowest BCUT2D eigenvalue weighted by Gasteiger charge is -2.07. The third-order valence-corrected chi connectivity index (χ3v) is 5.91. The van der Waals surface area contributed by atoms with Gasteiger partial charge in [-0.2, -0.15) is 0 Å². The first-order valence-corrected chi connectivity index (χ1v) is 10.4. The van der Waals surface area contributed by atoms with Gasteiger partial charge in [0.15, 0.2) is 0 Å². The molecule has 0 fully saturated rings. The van der Waals surface area contributed by atoms with E-state index >= 15 is 0 Å². The number of hydrogen-bond acceptors (Lipinski definition) is 5. The van der Waals surface area contributed by atoms with E-state index in [2.05, 4.69) is 5.32 Å². The number of hydrogen-bond donors (Lipinski definition) is 1. The molecule has 0 saturated carbocycles. The van der Waals surface area contributed by atoms with Gasteiger partial charge >= 0.3 is 0 Å². The zero-order valence-electron chi connectivity index (χ0n) is 17.0. The molecule has 4 rings (SSSR count). The van der Waals surface area contributed by atoms with E-state index in [0.717, 1.165) is 26.7 Å². The van der Waals surface area contributed by atoms with E-state index in [0.29, 0.717) is 16.8 Å². The largest absolute Gasteiger partial charge is 0.322 e. The maximum atomic E-state index is 12.5. The first-order chi connectivity index (χ1) is 14.9. The van der Waals surface area contributed by atoms with Crippen molar-refractivity contribution in [3.8, 4) is 21.8 Å². The Labute approximate surface area is 183 Å².